The molecule has 0 unspecified atom stereocenters. The lowest BCUT2D eigenvalue weighted by atomic mass is 10.4. The van der Waals surface area contributed by atoms with Crippen molar-refractivity contribution in [3.8, 4) is 0 Å². The van der Waals surface area contributed by atoms with E-state index in [2.05, 4.69) is 15.9 Å². The van der Waals surface area contributed by atoms with Crippen LogP contribution in [0.5, 0.6) is 0 Å². The number of alkyl halides is 3. The van der Waals surface area contributed by atoms with Gasteiger partial charge in [-0.15, -0.1) is 0 Å². The van der Waals surface area contributed by atoms with E-state index in [4.69, 9.17) is 0 Å². The van der Waals surface area contributed by atoms with E-state index in [0.29, 0.717) is 4.47 Å². The van der Waals surface area contributed by atoms with Crippen molar-refractivity contribution in [2.24, 2.45) is 0 Å². The average molecular weight is 270 g/mol. The van der Waals surface area contributed by atoms with Crippen LogP contribution in [0.15, 0.2) is 27.6 Å². The summed E-state index contributed by atoms with van der Waals surface area (Å²) in [6.07, 6.45) is -3.89. The molecule has 0 saturated carbocycles. The lowest BCUT2D eigenvalue weighted by molar-refractivity contribution is -0.136. The second-order valence-corrected chi connectivity index (χ2v) is 3.66. The Hall–Kier alpha value is -0.780. The van der Waals surface area contributed by atoms with Crippen LogP contribution in [-0.2, 0) is 6.54 Å². The van der Waals surface area contributed by atoms with E-state index in [1.165, 1.54) is 18.3 Å². The summed E-state index contributed by atoms with van der Waals surface area (Å²) in [4.78, 5) is 11.1. The van der Waals surface area contributed by atoms with Gasteiger partial charge >= 0.3 is 6.18 Å². The lowest BCUT2D eigenvalue weighted by Crippen LogP contribution is -2.21. The minimum atomic E-state index is -4.23. The average Bonchev–Trinajstić information content (AvgIpc) is 2.05. The first-order valence-corrected chi connectivity index (χ1v) is 4.60. The van der Waals surface area contributed by atoms with Crippen molar-refractivity contribution in [2.75, 3.05) is 0 Å². The predicted molar refractivity (Wildman–Crippen MR) is 49.1 cm³/mol. The molecule has 0 bridgehead atoms. The molecule has 1 aromatic heterocycles. The molecule has 0 aromatic carbocycles. The Morgan fingerprint density at radius 3 is 2.57 bits per heavy atom. The van der Waals surface area contributed by atoms with E-state index in [0.717, 1.165) is 4.57 Å². The quantitative estimate of drug-likeness (QED) is 0.809. The Bertz CT molecular complexity index is 372. The summed E-state index contributed by atoms with van der Waals surface area (Å²) in [5, 5.41) is 0. The van der Waals surface area contributed by atoms with E-state index >= 15 is 0 Å². The van der Waals surface area contributed by atoms with Gasteiger partial charge in [-0.25, -0.2) is 0 Å². The van der Waals surface area contributed by atoms with Crippen LogP contribution in [0.3, 0.4) is 0 Å². The maximum absolute atomic E-state index is 11.8. The SMILES string of the molecule is O=c1ccc(Br)cn1CCC(F)(F)F. The van der Waals surface area contributed by atoms with Crippen LogP contribution in [0.1, 0.15) is 6.42 Å². The highest BCUT2D eigenvalue weighted by Gasteiger charge is 2.26. The first-order valence-electron chi connectivity index (χ1n) is 3.81. The molecule has 78 valence electrons. The molecule has 0 saturated heterocycles. The molecule has 6 heteroatoms. The fourth-order valence-electron chi connectivity index (χ4n) is 0.924. The number of hydrogen-bond acceptors (Lipinski definition) is 1. The van der Waals surface area contributed by atoms with Crippen molar-refractivity contribution in [1.82, 2.24) is 4.57 Å². The second-order valence-electron chi connectivity index (χ2n) is 2.74. The van der Waals surface area contributed by atoms with Crippen LogP contribution in [0.2, 0.25) is 0 Å². The fraction of sp³-hybridized carbons (Fsp3) is 0.375. The standard InChI is InChI=1S/C8H7BrF3NO/c9-6-1-2-7(14)13(5-6)4-3-8(10,11)12/h1-2,5H,3-4H2. The maximum Gasteiger partial charge on any atom is 0.390 e. The predicted octanol–water partition coefficient (Wildman–Crippen LogP) is 2.56. The van der Waals surface area contributed by atoms with Crippen molar-refractivity contribution >= 4 is 15.9 Å². The number of halogens is 4. The van der Waals surface area contributed by atoms with Crippen molar-refractivity contribution in [3.05, 3.63) is 33.2 Å². The molecular weight excluding hydrogens is 263 g/mol. The lowest BCUT2D eigenvalue weighted by Gasteiger charge is -2.08. The first kappa shape index (κ1) is 11.3. The van der Waals surface area contributed by atoms with Gasteiger partial charge in [-0.3, -0.25) is 4.79 Å². The zero-order chi connectivity index (χ0) is 10.8. The summed E-state index contributed by atoms with van der Waals surface area (Å²) in [6, 6.07) is 2.72. The van der Waals surface area contributed by atoms with Crippen LogP contribution in [0.4, 0.5) is 13.2 Å². The highest BCUT2D eigenvalue weighted by molar-refractivity contribution is 9.10. The van der Waals surface area contributed by atoms with Crippen LogP contribution in [0.25, 0.3) is 0 Å². The van der Waals surface area contributed by atoms with Crippen molar-refractivity contribution in [1.29, 1.82) is 0 Å². The first-order chi connectivity index (χ1) is 6.38. The van der Waals surface area contributed by atoms with Crippen molar-refractivity contribution in [3.63, 3.8) is 0 Å². The van der Waals surface area contributed by atoms with Gasteiger partial charge in [-0.1, -0.05) is 0 Å². The van der Waals surface area contributed by atoms with E-state index in [1.54, 1.807) is 0 Å². The molecule has 14 heavy (non-hydrogen) atoms. The van der Waals surface area contributed by atoms with Gasteiger partial charge < -0.3 is 4.57 Å². The maximum atomic E-state index is 11.8. The molecule has 2 nitrogen and oxygen atoms in total. The smallest absolute Gasteiger partial charge is 0.314 e. The normalized spacial score (nSPS) is 11.7. The molecule has 0 spiro atoms. The molecule has 0 aliphatic rings. The Morgan fingerprint density at radius 2 is 2.00 bits per heavy atom. The van der Waals surface area contributed by atoms with E-state index in [1.807, 2.05) is 0 Å². The molecule has 1 heterocycles. The van der Waals surface area contributed by atoms with Crippen LogP contribution < -0.4 is 5.56 Å². The van der Waals surface area contributed by atoms with E-state index in [9.17, 15) is 18.0 Å². The molecule has 0 aliphatic heterocycles. The summed E-state index contributed by atoms with van der Waals surface area (Å²) in [5.74, 6) is 0. The van der Waals surface area contributed by atoms with E-state index in [-0.39, 0.29) is 6.54 Å². The minimum Gasteiger partial charge on any atom is -0.314 e. The molecule has 1 rings (SSSR count). The van der Waals surface area contributed by atoms with Gasteiger partial charge in [-0.2, -0.15) is 13.2 Å². The third-order valence-electron chi connectivity index (χ3n) is 1.58. The molecule has 0 atom stereocenters. The molecule has 0 amide bonds. The van der Waals surface area contributed by atoms with Gasteiger partial charge in [0.1, 0.15) is 0 Å². The largest absolute Gasteiger partial charge is 0.390 e. The minimum absolute atomic E-state index is 0.345. The van der Waals surface area contributed by atoms with Crippen molar-refractivity contribution < 1.29 is 13.2 Å². The zero-order valence-corrected chi connectivity index (χ0v) is 8.60. The summed E-state index contributed by atoms with van der Waals surface area (Å²) in [5.41, 5.74) is -0.433. The van der Waals surface area contributed by atoms with Crippen LogP contribution >= 0.6 is 15.9 Å². The second kappa shape index (κ2) is 4.16. The fourth-order valence-corrected chi connectivity index (χ4v) is 1.30. The molecular formula is C8H7BrF3NO. The summed E-state index contributed by atoms with van der Waals surface area (Å²) in [7, 11) is 0. The summed E-state index contributed by atoms with van der Waals surface area (Å²) < 4.78 is 37.1. The zero-order valence-electron chi connectivity index (χ0n) is 7.01. The Kier molecular flexibility index (Phi) is 3.36. The van der Waals surface area contributed by atoms with Gasteiger partial charge in [0.25, 0.3) is 5.56 Å². The van der Waals surface area contributed by atoms with E-state index < -0.39 is 18.2 Å². The number of hydrogen-bond donors (Lipinski definition) is 0. The number of rotatable bonds is 2. The monoisotopic (exact) mass is 269 g/mol. The molecule has 0 N–H and O–H groups in total. The Morgan fingerprint density at radius 1 is 1.36 bits per heavy atom. The van der Waals surface area contributed by atoms with Crippen LogP contribution in [0, 0.1) is 0 Å². The summed E-state index contributed by atoms with van der Waals surface area (Å²) >= 11 is 3.08. The van der Waals surface area contributed by atoms with Gasteiger partial charge in [0.15, 0.2) is 0 Å². The number of pyridine rings is 1. The molecule has 0 aliphatic carbocycles. The van der Waals surface area contributed by atoms with Crippen molar-refractivity contribution in [2.45, 2.75) is 19.1 Å². The van der Waals surface area contributed by atoms with Gasteiger partial charge in [0, 0.05) is 23.3 Å². The third kappa shape index (κ3) is 3.53. The number of aromatic nitrogens is 1. The molecule has 0 fully saturated rings. The number of aryl methyl sites for hydroxylation is 1. The molecule has 1 aromatic rings. The Balaban J connectivity index is 2.77. The van der Waals surface area contributed by atoms with Gasteiger partial charge in [0.05, 0.1) is 6.42 Å². The Labute approximate surface area is 86.5 Å². The highest BCUT2D eigenvalue weighted by atomic mass is 79.9. The topological polar surface area (TPSA) is 22.0 Å². The summed E-state index contributed by atoms with van der Waals surface area (Å²) in [6.45, 7) is -0.345. The van der Waals surface area contributed by atoms with Crippen LogP contribution in [-0.4, -0.2) is 10.7 Å². The third-order valence-corrected chi connectivity index (χ3v) is 2.05. The van der Waals surface area contributed by atoms with Gasteiger partial charge in [0.2, 0.25) is 0 Å². The van der Waals surface area contributed by atoms with Gasteiger partial charge in [-0.05, 0) is 22.0 Å². The highest BCUT2D eigenvalue weighted by Crippen LogP contribution is 2.20. The number of nitrogens with zero attached hydrogens (tertiary/aromatic N) is 1. The molecule has 0 radical (unpaired) electrons.